The van der Waals surface area contributed by atoms with Gasteiger partial charge >= 0.3 is 0 Å². The minimum Gasteiger partial charge on any atom is -0.391 e. The normalized spacial score (nSPS) is 16.4. The van der Waals surface area contributed by atoms with Crippen molar-refractivity contribution in [1.82, 2.24) is 0 Å². The number of rotatable bonds is 8. The second-order valence-electron chi connectivity index (χ2n) is 9.72. The lowest BCUT2D eigenvalue weighted by Crippen LogP contribution is -2.16. The van der Waals surface area contributed by atoms with Crippen LogP contribution in [0, 0.1) is 0 Å². The first-order chi connectivity index (χ1) is 17.2. The molecule has 4 rings (SSSR count). The Morgan fingerprint density at radius 3 is 0.917 bits per heavy atom. The molecule has 0 bridgehead atoms. The van der Waals surface area contributed by atoms with E-state index in [0.29, 0.717) is 26.4 Å². The van der Waals surface area contributed by atoms with Gasteiger partial charge in [-0.25, -0.2) is 0 Å². The number of aliphatic hydroxyl groups is 4. The molecule has 4 unspecified atom stereocenters. The van der Waals surface area contributed by atoms with Gasteiger partial charge < -0.3 is 29.9 Å². The summed E-state index contributed by atoms with van der Waals surface area (Å²) in [6.07, 6.45) is 6.16. The van der Waals surface area contributed by atoms with E-state index in [1.54, 1.807) is 49.9 Å². The standard InChI is InChI=1S/2C9H10.2C6H14O3/c2*1-2-5-9-7-3-6-8(9)4-1;2*1-5(7)3-9-4-6(2)8/h2*1-2,4-5H,3,6-7H2;2*5-8H,3-4H2,1-2H3. The van der Waals surface area contributed by atoms with Crippen LogP contribution in [-0.2, 0) is 35.2 Å². The molecular weight excluding hydrogens is 456 g/mol. The highest BCUT2D eigenvalue weighted by molar-refractivity contribution is 5.31. The Kier molecular flexibility index (Phi) is 17.3. The van der Waals surface area contributed by atoms with Crippen molar-refractivity contribution in [2.75, 3.05) is 26.4 Å². The molecule has 0 saturated heterocycles. The first kappa shape index (κ1) is 32.2. The van der Waals surface area contributed by atoms with Gasteiger partial charge in [-0.15, -0.1) is 0 Å². The smallest absolute Gasteiger partial charge is 0.0745 e. The zero-order chi connectivity index (χ0) is 26.8. The van der Waals surface area contributed by atoms with Gasteiger partial charge in [0.1, 0.15) is 0 Å². The number of ether oxygens (including phenoxy) is 2. The lowest BCUT2D eigenvalue weighted by molar-refractivity contribution is 0.00376. The Morgan fingerprint density at radius 1 is 0.500 bits per heavy atom. The number of aliphatic hydroxyl groups excluding tert-OH is 4. The molecule has 0 aliphatic heterocycles. The van der Waals surface area contributed by atoms with Crippen molar-refractivity contribution in [3.8, 4) is 0 Å². The van der Waals surface area contributed by atoms with E-state index >= 15 is 0 Å². The fourth-order valence-electron chi connectivity index (χ4n) is 3.85. The number of hydrogen-bond acceptors (Lipinski definition) is 6. The third kappa shape index (κ3) is 16.0. The lowest BCUT2D eigenvalue weighted by atomic mass is 10.1. The molecule has 4 N–H and O–H groups in total. The molecule has 0 amide bonds. The minimum atomic E-state index is -0.441. The molecule has 2 aliphatic carbocycles. The summed E-state index contributed by atoms with van der Waals surface area (Å²) in [6, 6.07) is 17.5. The predicted octanol–water partition coefficient (Wildman–Crippen LogP) is 3.88. The average molecular weight is 505 g/mol. The average Bonchev–Trinajstić information content (AvgIpc) is 3.49. The molecule has 0 saturated carbocycles. The van der Waals surface area contributed by atoms with Crippen LogP contribution in [0.5, 0.6) is 0 Å². The van der Waals surface area contributed by atoms with Crippen LogP contribution in [0.25, 0.3) is 0 Å². The molecule has 6 nitrogen and oxygen atoms in total. The number of aryl methyl sites for hydroxylation is 4. The van der Waals surface area contributed by atoms with Crippen molar-refractivity contribution in [3.63, 3.8) is 0 Å². The molecule has 6 heteroatoms. The highest BCUT2D eigenvalue weighted by Gasteiger charge is 2.08. The maximum atomic E-state index is 8.66. The summed E-state index contributed by atoms with van der Waals surface area (Å²) >= 11 is 0. The van der Waals surface area contributed by atoms with Gasteiger partial charge in [-0.3, -0.25) is 0 Å². The van der Waals surface area contributed by atoms with E-state index in [9.17, 15) is 0 Å². The van der Waals surface area contributed by atoms with E-state index in [4.69, 9.17) is 29.9 Å². The molecule has 0 heterocycles. The van der Waals surface area contributed by atoms with Crippen molar-refractivity contribution in [2.45, 2.75) is 90.6 Å². The fraction of sp³-hybridized carbons (Fsp3) is 0.600. The van der Waals surface area contributed by atoms with Gasteiger partial charge in [0, 0.05) is 0 Å². The van der Waals surface area contributed by atoms with Gasteiger partial charge in [0.25, 0.3) is 0 Å². The van der Waals surface area contributed by atoms with Gasteiger partial charge in [-0.05, 0) is 88.5 Å². The van der Waals surface area contributed by atoms with Gasteiger partial charge in [0.05, 0.1) is 50.8 Å². The summed E-state index contributed by atoms with van der Waals surface area (Å²) in [7, 11) is 0. The van der Waals surface area contributed by atoms with Crippen LogP contribution in [0.2, 0.25) is 0 Å². The maximum Gasteiger partial charge on any atom is 0.0745 e. The van der Waals surface area contributed by atoms with E-state index in [0.717, 1.165) is 0 Å². The molecule has 0 aromatic heterocycles. The van der Waals surface area contributed by atoms with E-state index in [1.165, 1.54) is 38.5 Å². The Morgan fingerprint density at radius 2 is 0.722 bits per heavy atom. The summed E-state index contributed by atoms with van der Waals surface area (Å²) in [6.45, 7) is 7.75. The molecule has 2 aliphatic rings. The summed E-state index contributed by atoms with van der Waals surface area (Å²) in [5, 5.41) is 34.6. The molecular formula is C30H48O6. The van der Waals surface area contributed by atoms with Crippen LogP contribution in [0.1, 0.15) is 62.8 Å². The first-order valence-corrected chi connectivity index (χ1v) is 13.2. The van der Waals surface area contributed by atoms with E-state index < -0.39 is 24.4 Å². The number of fused-ring (bicyclic) bond motifs is 2. The molecule has 204 valence electrons. The second-order valence-corrected chi connectivity index (χ2v) is 9.72. The Balaban J connectivity index is 0.000000240. The number of benzene rings is 2. The van der Waals surface area contributed by atoms with Crippen LogP contribution >= 0.6 is 0 Å². The monoisotopic (exact) mass is 504 g/mol. The van der Waals surface area contributed by atoms with Gasteiger partial charge in [0.2, 0.25) is 0 Å². The zero-order valence-corrected chi connectivity index (χ0v) is 22.6. The van der Waals surface area contributed by atoms with Crippen molar-refractivity contribution in [1.29, 1.82) is 0 Å². The van der Waals surface area contributed by atoms with Crippen molar-refractivity contribution < 1.29 is 29.9 Å². The molecule has 36 heavy (non-hydrogen) atoms. The molecule has 0 fully saturated rings. The Bertz CT molecular complexity index is 674. The van der Waals surface area contributed by atoms with Gasteiger partial charge in [0.15, 0.2) is 0 Å². The molecule has 2 aromatic carbocycles. The summed E-state index contributed by atoms with van der Waals surface area (Å²) in [5.74, 6) is 0. The molecule has 0 radical (unpaired) electrons. The Hall–Kier alpha value is -1.80. The van der Waals surface area contributed by atoms with Crippen molar-refractivity contribution in [3.05, 3.63) is 70.8 Å². The van der Waals surface area contributed by atoms with Crippen molar-refractivity contribution in [2.24, 2.45) is 0 Å². The minimum absolute atomic E-state index is 0.297. The highest BCUT2D eigenvalue weighted by Crippen LogP contribution is 2.21. The van der Waals surface area contributed by atoms with Gasteiger partial charge in [-0.1, -0.05) is 48.5 Å². The van der Waals surface area contributed by atoms with E-state index in [2.05, 4.69) is 48.5 Å². The third-order valence-corrected chi connectivity index (χ3v) is 5.46. The van der Waals surface area contributed by atoms with Crippen LogP contribution in [-0.4, -0.2) is 71.3 Å². The number of hydrogen-bond donors (Lipinski definition) is 4. The lowest BCUT2D eigenvalue weighted by Gasteiger charge is -2.06. The van der Waals surface area contributed by atoms with E-state index in [1.807, 2.05) is 0 Å². The third-order valence-electron chi connectivity index (χ3n) is 5.46. The largest absolute Gasteiger partial charge is 0.391 e. The predicted molar refractivity (Wildman–Crippen MR) is 145 cm³/mol. The van der Waals surface area contributed by atoms with E-state index in [-0.39, 0.29) is 0 Å². The summed E-state index contributed by atoms with van der Waals surface area (Å²) in [4.78, 5) is 0. The van der Waals surface area contributed by atoms with Gasteiger partial charge in [-0.2, -0.15) is 0 Å². The van der Waals surface area contributed by atoms with Crippen LogP contribution in [0.3, 0.4) is 0 Å². The van der Waals surface area contributed by atoms with Crippen molar-refractivity contribution >= 4 is 0 Å². The summed E-state index contributed by atoms with van der Waals surface area (Å²) in [5.41, 5.74) is 6.27. The first-order valence-electron chi connectivity index (χ1n) is 13.2. The quantitative estimate of drug-likeness (QED) is 0.436. The molecule has 2 aromatic rings. The highest BCUT2D eigenvalue weighted by atomic mass is 16.5. The second kappa shape index (κ2) is 19.3. The zero-order valence-electron chi connectivity index (χ0n) is 22.6. The topological polar surface area (TPSA) is 99.4 Å². The SMILES string of the molecule is CC(O)COCC(C)O.CC(O)COCC(C)O.c1ccc2c(c1)CCC2.c1ccc2c(c1)CCC2. The molecule has 0 spiro atoms. The molecule has 4 atom stereocenters. The Labute approximate surface area is 217 Å². The maximum absolute atomic E-state index is 8.66. The fourth-order valence-corrected chi connectivity index (χ4v) is 3.85. The van der Waals surface area contributed by atoms with Crippen LogP contribution < -0.4 is 0 Å². The summed E-state index contributed by atoms with van der Waals surface area (Å²) < 4.78 is 9.71. The van der Waals surface area contributed by atoms with Crippen LogP contribution in [0.4, 0.5) is 0 Å². The van der Waals surface area contributed by atoms with Crippen LogP contribution in [0.15, 0.2) is 48.5 Å².